The Morgan fingerprint density at radius 2 is 1.95 bits per heavy atom. The highest BCUT2D eigenvalue weighted by atomic mass is 16.5. The molecule has 0 atom stereocenters. The summed E-state index contributed by atoms with van der Waals surface area (Å²) in [5.74, 6) is 1.81. The van der Waals surface area contributed by atoms with Crippen molar-refractivity contribution in [3.63, 3.8) is 0 Å². The topological polar surface area (TPSA) is 47.3 Å². The summed E-state index contributed by atoms with van der Waals surface area (Å²) in [6, 6.07) is 10.2. The number of nitrogens with one attached hydrogen (secondary N) is 1. The van der Waals surface area contributed by atoms with Crippen molar-refractivity contribution in [3.8, 4) is 5.75 Å². The summed E-state index contributed by atoms with van der Waals surface area (Å²) >= 11 is 0. The van der Waals surface area contributed by atoms with E-state index in [1.54, 1.807) is 0 Å². The standard InChI is InChI=1S/C17H24N2O2/c1-3-4-5-10-20-16-8-6-15(7-9-16)12-18-13-17-11-14(2)19-21-17/h6-9,11,18H,3-5,10,12-13H2,1-2H3. The summed E-state index contributed by atoms with van der Waals surface area (Å²) < 4.78 is 10.8. The Hall–Kier alpha value is -1.81. The molecule has 0 bridgehead atoms. The van der Waals surface area contributed by atoms with Crippen molar-refractivity contribution in [2.24, 2.45) is 0 Å². The van der Waals surface area contributed by atoms with Crippen LogP contribution in [0.15, 0.2) is 34.9 Å². The average molecular weight is 288 g/mol. The number of rotatable bonds is 9. The third kappa shape index (κ3) is 5.60. The second kappa shape index (κ2) is 8.47. The van der Waals surface area contributed by atoms with Crippen molar-refractivity contribution in [1.29, 1.82) is 0 Å². The van der Waals surface area contributed by atoms with Gasteiger partial charge in [-0.1, -0.05) is 37.1 Å². The van der Waals surface area contributed by atoms with Crippen molar-refractivity contribution in [3.05, 3.63) is 47.3 Å². The Morgan fingerprint density at radius 1 is 1.14 bits per heavy atom. The summed E-state index contributed by atoms with van der Waals surface area (Å²) in [6.45, 7) is 6.41. The number of benzene rings is 1. The lowest BCUT2D eigenvalue weighted by atomic mass is 10.2. The Balaban J connectivity index is 1.69. The number of aromatic nitrogens is 1. The van der Waals surface area contributed by atoms with Crippen LogP contribution in [0.4, 0.5) is 0 Å². The number of aryl methyl sites for hydroxylation is 1. The van der Waals surface area contributed by atoms with Crippen molar-refractivity contribution >= 4 is 0 Å². The number of unbranched alkanes of at least 4 members (excludes halogenated alkanes) is 2. The molecule has 0 radical (unpaired) electrons. The summed E-state index contributed by atoms with van der Waals surface area (Å²) in [5.41, 5.74) is 2.14. The number of ether oxygens (including phenoxy) is 1. The third-order valence-electron chi connectivity index (χ3n) is 3.25. The third-order valence-corrected chi connectivity index (χ3v) is 3.25. The van der Waals surface area contributed by atoms with Gasteiger partial charge in [-0.05, 0) is 31.0 Å². The van der Waals surface area contributed by atoms with Crippen LogP contribution >= 0.6 is 0 Å². The van der Waals surface area contributed by atoms with Gasteiger partial charge in [-0.25, -0.2) is 0 Å². The molecule has 1 aromatic heterocycles. The lowest BCUT2D eigenvalue weighted by Crippen LogP contribution is -2.12. The van der Waals surface area contributed by atoms with Gasteiger partial charge in [0.15, 0.2) is 5.76 Å². The molecule has 0 aliphatic heterocycles. The molecular weight excluding hydrogens is 264 g/mol. The molecule has 0 aliphatic rings. The molecule has 114 valence electrons. The molecule has 21 heavy (non-hydrogen) atoms. The molecule has 2 aromatic rings. The maximum atomic E-state index is 5.70. The van der Waals surface area contributed by atoms with Crippen LogP contribution in [0.25, 0.3) is 0 Å². The van der Waals surface area contributed by atoms with Gasteiger partial charge in [-0.2, -0.15) is 0 Å². The highest BCUT2D eigenvalue weighted by molar-refractivity contribution is 5.27. The minimum atomic E-state index is 0.691. The SMILES string of the molecule is CCCCCOc1ccc(CNCc2cc(C)no2)cc1. The van der Waals surface area contributed by atoms with Crippen molar-refractivity contribution < 1.29 is 9.26 Å². The zero-order chi connectivity index (χ0) is 14.9. The summed E-state index contributed by atoms with van der Waals surface area (Å²) in [6.07, 6.45) is 3.57. The van der Waals surface area contributed by atoms with Crippen LogP contribution in [0.5, 0.6) is 5.75 Å². The predicted molar refractivity (Wildman–Crippen MR) is 83.2 cm³/mol. The van der Waals surface area contributed by atoms with Crippen molar-refractivity contribution in [2.45, 2.75) is 46.2 Å². The summed E-state index contributed by atoms with van der Waals surface area (Å²) in [5, 5.41) is 7.20. The number of hydrogen-bond donors (Lipinski definition) is 1. The molecule has 0 unspecified atom stereocenters. The molecule has 4 nitrogen and oxygen atoms in total. The van der Waals surface area contributed by atoms with E-state index in [0.29, 0.717) is 6.54 Å². The molecule has 0 saturated heterocycles. The van der Waals surface area contributed by atoms with E-state index in [-0.39, 0.29) is 0 Å². The van der Waals surface area contributed by atoms with Crippen molar-refractivity contribution in [2.75, 3.05) is 6.61 Å². The van der Waals surface area contributed by atoms with E-state index < -0.39 is 0 Å². The summed E-state index contributed by atoms with van der Waals surface area (Å²) in [7, 11) is 0. The van der Waals surface area contributed by atoms with Crippen LogP contribution in [0, 0.1) is 6.92 Å². The first kappa shape index (κ1) is 15.6. The fourth-order valence-corrected chi connectivity index (χ4v) is 2.08. The second-order valence-corrected chi connectivity index (χ2v) is 5.24. The van der Waals surface area contributed by atoms with Crippen LogP contribution < -0.4 is 10.1 Å². The average Bonchev–Trinajstić information content (AvgIpc) is 2.91. The molecule has 1 N–H and O–H groups in total. The fraction of sp³-hybridized carbons (Fsp3) is 0.471. The zero-order valence-electron chi connectivity index (χ0n) is 12.9. The Bertz CT molecular complexity index is 520. The largest absolute Gasteiger partial charge is 0.494 e. The summed E-state index contributed by atoms with van der Waals surface area (Å²) in [4.78, 5) is 0. The number of hydrogen-bond acceptors (Lipinski definition) is 4. The monoisotopic (exact) mass is 288 g/mol. The van der Waals surface area contributed by atoms with Gasteiger partial charge >= 0.3 is 0 Å². The van der Waals surface area contributed by atoms with E-state index >= 15 is 0 Å². The lowest BCUT2D eigenvalue weighted by Gasteiger charge is -2.07. The van der Waals surface area contributed by atoms with Crippen LogP contribution in [-0.4, -0.2) is 11.8 Å². The van der Waals surface area contributed by atoms with Crippen LogP contribution in [-0.2, 0) is 13.1 Å². The first-order valence-corrected chi connectivity index (χ1v) is 7.62. The van der Waals surface area contributed by atoms with E-state index in [2.05, 4.69) is 29.5 Å². The van der Waals surface area contributed by atoms with Crippen LogP contribution in [0.3, 0.4) is 0 Å². The quantitative estimate of drug-likeness (QED) is 0.712. The zero-order valence-corrected chi connectivity index (χ0v) is 12.9. The van der Waals surface area contributed by atoms with Gasteiger partial charge in [-0.3, -0.25) is 0 Å². The van der Waals surface area contributed by atoms with Gasteiger partial charge in [0.1, 0.15) is 5.75 Å². The van der Waals surface area contributed by atoms with E-state index in [9.17, 15) is 0 Å². The first-order valence-electron chi connectivity index (χ1n) is 7.62. The fourth-order valence-electron chi connectivity index (χ4n) is 2.08. The minimum absolute atomic E-state index is 0.691. The van der Waals surface area contributed by atoms with Crippen LogP contribution in [0.1, 0.15) is 43.2 Å². The van der Waals surface area contributed by atoms with E-state index in [1.807, 2.05) is 25.1 Å². The second-order valence-electron chi connectivity index (χ2n) is 5.24. The van der Waals surface area contributed by atoms with Gasteiger partial charge in [0.05, 0.1) is 18.8 Å². The smallest absolute Gasteiger partial charge is 0.150 e. The minimum Gasteiger partial charge on any atom is -0.494 e. The molecule has 0 aliphatic carbocycles. The van der Waals surface area contributed by atoms with Crippen molar-refractivity contribution in [1.82, 2.24) is 10.5 Å². The maximum absolute atomic E-state index is 5.70. The number of nitrogens with zero attached hydrogens (tertiary/aromatic N) is 1. The van der Waals surface area contributed by atoms with Gasteiger partial charge < -0.3 is 14.6 Å². The van der Waals surface area contributed by atoms with E-state index in [4.69, 9.17) is 9.26 Å². The molecule has 1 heterocycles. The highest BCUT2D eigenvalue weighted by Crippen LogP contribution is 2.13. The van der Waals surface area contributed by atoms with Crippen LogP contribution in [0.2, 0.25) is 0 Å². The van der Waals surface area contributed by atoms with Gasteiger partial charge in [0.25, 0.3) is 0 Å². The van der Waals surface area contributed by atoms with Gasteiger partial charge in [-0.15, -0.1) is 0 Å². The van der Waals surface area contributed by atoms with E-state index in [0.717, 1.165) is 36.8 Å². The molecule has 0 amide bonds. The molecule has 0 spiro atoms. The Morgan fingerprint density at radius 3 is 2.62 bits per heavy atom. The predicted octanol–water partition coefficient (Wildman–Crippen LogP) is 3.84. The Kier molecular flexibility index (Phi) is 6.28. The molecule has 2 rings (SSSR count). The van der Waals surface area contributed by atoms with Gasteiger partial charge in [0, 0.05) is 12.6 Å². The highest BCUT2D eigenvalue weighted by Gasteiger charge is 2.00. The molecule has 4 heteroatoms. The maximum Gasteiger partial charge on any atom is 0.150 e. The first-order chi connectivity index (χ1) is 10.3. The normalized spacial score (nSPS) is 10.8. The molecular formula is C17H24N2O2. The lowest BCUT2D eigenvalue weighted by molar-refractivity contribution is 0.306. The van der Waals surface area contributed by atoms with Gasteiger partial charge in [0.2, 0.25) is 0 Å². The molecule has 0 fully saturated rings. The Labute approximate surface area is 126 Å². The molecule has 1 aromatic carbocycles. The molecule has 0 saturated carbocycles. The van der Waals surface area contributed by atoms with E-state index in [1.165, 1.54) is 18.4 Å².